The molecule has 6 nitrogen and oxygen atoms in total. The van der Waals surface area contributed by atoms with Gasteiger partial charge in [-0.15, -0.1) is 0 Å². The van der Waals surface area contributed by atoms with E-state index in [0.29, 0.717) is 34.9 Å². The average Bonchev–Trinajstić information content (AvgIpc) is 3.03. The monoisotopic (exact) mass is 593 g/mol. The normalized spacial score (nSPS) is 11.9. The second-order valence-corrected chi connectivity index (χ2v) is 11.0. The van der Waals surface area contributed by atoms with Gasteiger partial charge in [-0.05, 0) is 78.1 Å². The van der Waals surface area contributed by atoms with Crippen LogP contribution in [0.2, 0.25) is 5.02 Å². The fourth-order valence-electron chi connectivity index (χ4n) is 4.97. The number of aliphatic hydroxyl groups is 1. The van der Waals surface area contributed by atoms with Crippen LogP contribution in [0.3, 0.4) is 0 Å². The molecule has 43 heavy (non-hydrogen) atoms. The zero-order valence-electron chi connectivity index (χ0n) is 24.2. The molecule has 1 aromatic heterocycles. The van der Waals surface area contributed by atoms with Gasteiger partial charge in [0, 0.05) is 48.3 Å². The van der Waals surface area contributed by atoms with E-state index in [4.69, 9.17) is 16.3 Å². The first-order valence-corrected chi connectivity index (χ1v) is 15.0. The summed E-state index contributed by atoms with van der Waals surface area (Å²) in [7, 11) is 0. The zero-order valence-corrected chi connectivity index (χ0v) is 25.0. The predicted octanol–water partition coefficient (Wildman–Crippen LogP) is 7.60. The van der Waals surface area contributed by atoms with Crippen molar-refractivity contribution in [3.8, 4) is 11.5 Å². The van der Waals surface area contributed by atoms with Crippen molar-refractivity contribution in [1.82, 2.24) is 15.2 Å². The summed E-state index contributed by atoms with van der Waals surface area (Å²) in [6.07, 6.45) is 2.75. The van der Waals surface area contributed by atoms with Gasteiger partial charge in [-0.1, -0.05) is 73.1 Å². The smallest absolute Gasteiger partial charge is 0.251 e. The van der Waals surface area contributed by atoms with Crippen molar-refractivity contribution in [3.63, 3.8) is 0 Å². The first-order valence-electron chi connectivity index (χ1n) is 14.6. The maximum atomic E-state index is 12.4. The molecule has 5 aromatic rings. The summed E-state index contributed by atoms with van der Waals surface area (Å²) < 4.78 is 6.23. The number of ether oxygens (including phenoxy) is 1. The highest BCUT2D eigenvalue weighted by molar-refractivity contribution is 6.30. The largest absolute Gasteiger partial charge is 0.457 e. The van der Waals surface area contributed by atoms with Crippen LogP contribution in [0.25, 0.3) is 10.9 Å². The zero-order chi connectivity index (χ0) is 30.0. The van der Waals surface area contributed by atoms with Gasteiger partial charge < -0.3 is 15.2 Å². The second kappa shape index (κ2) is 14.8. The summed E-state index contributed by atoms with van der Waals surface area (Å²) in [6, 6.07) is 33.1. The van der Waals surface area contributed by atoms with E-state index in [-0.39, 0.29) is 5.91 Å². The molecular weight excluding hydrogens is 558 g/mol. The van der Waals surface area contributed by atoms with Gasteiger partial charge in [0.25, 0.3) is 5.91 Å². The van der Waals surface area contributed by atoms with Crippen molar-refractivity contribution in [3.05, 3.63) is 137 Å². The predicted molar refractivity (Wildman–Crippen MR) is 173 cm³/mol. The third kappa shape index (κ3) is 8.42. The lowest BCUT2D eigenvalue weighted by Gasteiger charge is -2.25. The SMILES string of the molecule is CCCNC(=O)c1ccc2c(Oc3ccc(CCN(Cc4ccccc4)C[C@H](O)c4cccc(Cl)c4)cc3)ccnc2c1. The van der Waals surface area contributed by atoms with Gasteiger partial charge in [0.05, 0.1) is 11.6 Å². The average molecular weight is 594 g/mol. The number of nitrogens with one attached hydrogen (secondary N) is 1. The van der Waals surface area contributed by atoms with E-state index in [1.54, 1.807) is 18.3 Å². The fraction of sp³-hybridized carbons (Fsp3) is 0.222. The van der Waals surface area contributed by atoms with Crippen LogP contribution in [0.15, 0.2) is 109 Å². The van der Waals surface area contributed by atoms with Crippen LogP contribution in [-0.4, -0.2) is 40.5 Å². The van der Waals surface area contributed by atoms with Crippen LogP contribution >= 0.6 is 11.6 Å². The van der Waals surface area contributed by atoms with Crippen molar-refractivity contribution in [2.75, 3.05) is 19.6 Å². The molecule has 0 saturated heterocycles. The molecule has 0 fully saturated rings. The molecule has 0 aliphatic rings. The Bertz CT molecular complexity index is 1640. The lowest BCUT2D eigenvalue weighted by molar-refractivity contribution is 0.0953. The van der Waals surface area contributed by atoms with Crippen LogP contribution in [0.1, 0.15) is 46.5 Å². The summed E-state index contributed by atoms with van der Waals surface area (Å²) in [6.45, 7) is 4.66. The Morgan fingerprint density at radius 2 is 1.77 bits per heavy atom. The molecule has 0 radical (unpaired) electrons. The van der Waals surface area contributed by atoms with E-state index < -0.39 is 6.10 Å². The van der Waals surface area contributed by atoms with Crippen LogP contribution < -0.4 is 10.1 Å². The molecule has 7 heteroatoms. The molecule has 0 unspecified atom stereocenters. The minimum Gasteiger partial charge on any atom is -0.457 e. The minimum atomic E-state index is -0.643. The van der Waals surface area contributed by atoms with Gasteiger partial charge in [-0.2, -0.15) is 0 Å². The number of halogens is 1. The van der Waals surface area contributed by atoms with Crippen molar-refractivity contribution in [2.24, 2.45) is 0 Å². The Kier molecular flexibility index (Phi) is 10.4. The number of benzene rings is 4. The Balaban J connectivity index is 1.24. The number of carbonyl (C=O) groups is 1. The summed E-state index contributed by atoms with van der Waals surface area (Å²) >= 11 is 6.17. The minimum absolute atomic E-state index is 0.103. The second-order valence-electron chi connectivity index (χ2n) is 10.6. The van der Waals surface area contributed by atoms with Crippen molar-refractivity contribution >= 4 is 28.4 Å². The molecule has 220 valence electrons. The van der Waals surface area contributed by atoms with Crippen molar-refractivity contribution in [2.45, 2.75) is 32.4 Å². The number of amides is 1. The van der Waals surface area contributed by atoms with E-state index in [0.717, 1.165) is 42.6 Å². The molecule has 5 rings (SSSR count). The third-order valence-corrected chi connectivity index (χ3v) is 7.52. The summed E-state index contributed by atoms with van der Waals surface area (Å²) in [5.74, 6) is 1.30. The Hall–Kier alpha value is -4.23. The lowest BCUT2D eigenvalue weighted by atomic mass is 10.1. The molecule has 1 heterocycles. The molecule has 0 saturated carbocycles. The standard InChI is InChI=1S/C36H36ClN3O3/c1-2-19-39-36(42)29-13-16-32-33(23-29)38-20-17-35(32)43-31-14-11-26(12-15-31)18-21-40(24-27-7-4-3-5-8-27)25-34(41)28-9-6-10-30(37)22-28/h3-17,20,22-23,34,41H,2,18-19,21,24-25H2,1H3,(H,39,42)/t34-/m0/s1. The third-order valence-electron chi connectivity index (χ3n) is 7.28. The highest BCUT2D eigenvalue weighted by Gasteiger charge is 2.15. The van der Waals surface area contributed by atoms with Crippen LogP contribution in [0, 0.1) is 0 Å². The van der Waals surface area contributed by atoms with Gasteiger partial charge in [0.15, 0.2) is 0 Å². The molecule has 2 N–H and O–H groups in total. The van der Waals surface area contributed by atoms with Crippen molar-refractivity contribution in [1.29, 1.82) is 0 Å². The quantitative estimate of drug-likeness (QED) is 0.147. The number of pyridine rings is 1. The molecule has 0 aliphatic heterocycles. The Labute approximate surface area is 257 Å². The number of rotatable bonds is 13. The van der Waals surface area contributed by atoms with E-state index >= 15 is 0 Å². The topological polar surface area (TPSA) is 74.7 Å². The number of hydrogen-bond acceptors (Lipinski definition) is 5. The van der Waals surface area contributed by atoms with Crippen LogP contribution in [0.4, 0.5) is 0 Å². The number of hydrogen-bond donors (Lipinski definition) is 2. The van der Waals surface area contributed by atoms with E-state index in [9.17, 15) is 9.90 Å². The summed E-state index contributed by atoms with van der Waals surface area (Å²) in [5, 5.41) is 15.3. The van der Waals surface area contributed by atoms with E-state index in [1.165, 1.54) is 11.1 Å². The van der Waals surface area contributed by atoms with Gasteiger partial charge in [0.2, 0.25) is 0 Å². The number of carbonyl (C=O) groups excluding carboxylic acids is 1. The first-order chi connectivity index (χ1) is 21.0. The molecule has 0 aliphatic carbocycles. The summed E-state index contributed by atoms with van der Waals surface area (Å²) in [4.78, 5) is 19.1. The van der Waals surface area contributed by atoms with Gasteiger partial charge in [-0.3, -0.25) is 14.7 Å². The lowest BCUT2D eigenvalue weighted by Crippen LogP contribution is -2.30. The van der Waals surface area contributed by atoms with Crippen molar-refractivity contribution < 1.29 is 14.6 Å². The molecule has 4 aromatic carbocycles. The number of fused-ring (bicyclic) bond motifs is 1. The van der Waals surface area contributed by atoms with E-state index in [1.807, 2.05) is 73.7 Å². The van der Waals surface area contributed by atoms with E-state index in [2.05, 4.69) is 39.5 Å². The highest BCUT2D eigenvalue weighted by atomic mass is 35.5. The van der Waals surface area contributed by atoms with Gasteiger partial charge in [0.1, 0.15) is 11.5 Å². The summed E-state index contributed by atoms with van der Waals surface area (Å²) in [5.41, 5.74) is 4.47. The van der Waals surface area contributed by atoms with Crippen LogP contribution in [-0.2, 0) is 13.0 Å². The molecule has 0 bridgehead atoms. The molecule has 0 spiro atoms. The fourth-order valence-corrected chi connectivity index (χ4v) is 5.17. The molecule has 1 amide bonds. The first kappa shape index (κ1) is 30.2. The Morgan fingerprint density at radius 1 is 0.953 bits per heavy atom. The number of aliphatic hydroxyl groups excluding tert-OH is 1. The van der Waals surface area contributed by atoms with Crippen LogP contribution in [0.5, 0.6) is 11.5 Å². The Morgan fingerprint density at radius 3 is 2.53 bits per heavy atom. The molecular formula is C36H36ClN3O3. The molecule has 1 atom stereocenters. The number of aromatic nitrogens is 1. The maximum Gasteiger partial charge on any atom is 0.251 e. The van der Waals surface area contributed by atoms with Gasteiger partial charge >= 0.3 is 0 Å². The maximum absolute atomic E-state index is 12.4. The highest BCUT2D eigenvalue weighted by Crippen LogP contribution is 2.30. The number of nitrogens with zero attached hydrogens (tertiary/aromatic N) is 2. The van der Waals surface area contributed by atoms with Gasteiger partial charge in [-0.25, -0.2) is 0 Å².